The molecule has 0 saturated carbocycles. The normalized spacial score (nSPS) is 21.3. The molecule has 0 saturated heterocycles. The van der Waals surface area contributed by atoms with Crippen LogP contribution in [0.15, 0.2) is 59.2 Å². The van der Waals surface area contributed by atoms with Gasteiger partial charge in [0, 0.05) is 0 Å². The summed E-state index contributed by atoms with van der Waals surface area (Å²) in [6.07, 6.45) is 7.26. The third-order valence-corrected chi connectivity index (χ3v) is 5.91. The van der Waals surface area contributed by atoms with Gasteiger partial charge >= 0.3 is 26.2 Å². The second-order valence-corrected chi connectivity index (χ2v) is 7.67. The van der Waals surface area contributed by atoms with Crippen molar-refractivity contribution in [2.75, 3.05) is 0 Å². The van der Waals surface area contributed by atoms with Crippen molar-refractivity contribution in [3.05, 3.63) is 87.5 Å². The maximum absolute atomic E-state index is 3.36. The predicted molar refractivity (Wildman–Crippen MR) is 108 cm³/mol. The molecule has 0 bridgehead atoms. The van der Waals surface area contributed by atoms with Crippen molar-refractivity contribution in [3.8, 4) is 0 Å². The average Bonchev–Trinajstić information content (AvgIpc) is 3.10. The molecule has 134 valence electrons. The van der Waals surface area contributed by atoms with Gasteiger partial charge in [-0.1, -0.05) is 88.8 Å². The van der Waals surface area contributed by atoms with Crippen LogP contribution in [0.25, 0.3) is 0 Å². The fourth-order valence-corrected chi connectivity index (χ4v) is 4.12. The van der Waals surface area contributed by atoms with Gasteiger partial charge in [-0.05, 0) is 5.92 Å². The third-order valence-electron chi connectivity index (χ3n) is 5.91. The minimum Gasteiger partial charge on any atom is -0.266 e. The molecule has 2 atom stereocenters. The summed E-state index contributed by atoms with van der Waals surface area (Å²) < 4.78 is 0. The smallest absolute Gasteiger partial charge is 0.266 e. The monoisotopic (exact) mass is 420 g/mol. The summed E-state index contributed by atoms with van der Waals surface area (Å²) in [5.41, 5.74) is 10.3. The van der Waals surface area contributed by atoms with Gasteiger partial charge < -0.3 is 0 Å². The van der Waals surface area contributed by atoms with Gasteiger partial charge in [0.05, 0.1) is 0 Å². The molecule has 0 aromatic heterocycles. The molecule has 26 heavy (non-hydrogen) atoms. The van der Waals surface area contributed by atoms with E-state index in [4.69, 9.17) is 0 Å². The Kier molecular flexibility index (Phi) is 7.54. The maximum atomic E-state index is 3.36. The van der Waals surface area contributed by atoms with Crippen molar-refractivity contribution in [1.29, 1.82) is 0 Å². The first kappa shape index (κ1) is 21.2. The molecule has 0 radical (unpaired) electrons. The van der Waals surface area contributed by atoms with E-state index in [0.29, 0.717) is 11.8 Å². The summed E-state index contributed by atoms with van der Waals surface area (Å²) in [4.78, 5) is 0. The number of rotatable bonds is 1. The van der Waals surface area contributed by atoms with Gasteiger partial charge in [0.15, 0.2) is 0 Å². The first-order valence-corrected chi connectivity index (χ1v) is 9.56. The van der Waals surface area contributed by atoms with Crippen molar-refractivity contribution >= 4 is 0 Å². The van der Waals surface area contributed by atoms with Crippen LogP contribution in [0.5, 0.6) is 0 Å². The molecular weight excluding hydrogens is 391 g/mol. The van der Waals surface area contributed by atoms with Crippen molar-refractivity contribution in [2.24, 2.45) is 5.92 Å². The van der Waals surface area contributed by atoms with Gasteiger partial charge in [0.2, 0.25) is 0 Å². The van der Waals surface area contributed by atoms with Crippen molar-refractivity contribution in [2.45, 2.75) is 59.8 Å². The van der Waals surface area contributed by atoms with E-state index >= 15 is 0 Å². The first-order valence-electron chi connectivity index (χ1n) is 9.56. The molecule has 0 amide bonds. The Morgan fingerprint density at radius 3 is 2.27 bits per heavy atom. The van der Waals surface area contributed by atoms with Crippen LogP contribution in [0.2, 0.25) is 0 Å². The average molecular weight is 422 g/mol. The second-order valence-electron chi connectivity index (χ2n) is 7.67. The quantitative estimate of drug-likeness (QED) is 0.439. The van der Waals surface area contributed by atoms with Gasteiger partial charge in [0.25, 0.3) is 0 Å². The van der Waals surface area contributed by atoms with Gasteiger partial charge in [-0.2, -0.15) is 33.9 Å². The summed E-state index contributed by atoms with van der Waals surface area (Å²) in [7, 11) is 0. The fourth-order valence-electron chi connectivity index (χ4n) is 4.12. The zero-order valence-corrected chi connectivity index (χ0v) is 19.3. The molecule has 0 spiro atoms. The Labute approximate surface area is 178 Å². The van der Waals surface area contributed by atoms with Crippen LogP contribution in [-0.2, 0) is 32.6 Å². The molecule has 2 aliphatic rings. The van der Waals surface area contributed by atoms with Crippen LogP contribution >= 0.6 is 0 Å². The van der Waals surface area contributed by atoms with Crippen molar-refractivity contribution in [3.63, 3.8) is 0 Å². The first-order chi connectivity index (χ1) is 12.0. The van der Waals surface area contributed by atoms with Crippen LogP contribution in [-0.4, -0.2) is 0 Å². The van der Waals surface area contributed by atoms with Gasteiger partial charge in [-0.25, -0.2) is 11.6 Å². The summed E-state index contributed by atoms with van der Waals surface area (Å²) >= 11 is 0. The number of fused-ring (bicyclic) bond motifs is 1. The summed E-state index contributed by atoms with van der Waals surface area (Å²) in [5, 5.41) is 0. The largest absolute Gasteiger partial charge is 2.00 e. The zero-order chi connectivity index (χ0) is 18.0. The molecule has 0 aliphatic heterocycles. The van der Waals surface area contributed by atoms with Crippen LogP contribution in [0.3, 0.4) is 0 Å². The number of allylic oxidation sites excluding steroid dienone is 4. The Morgan fingerprint density at radius 2 is 1.73 bits per heavy atom. The zero-order valence-electron chi connectivity index (χ0n) is 16.8. The molecule has 0 nitrogen and oxygen atoms in total. The van der Waals surface area contributed by atoms with Crippen LogP contribution in [0.1, 0.15) is 68.7 Å². The van der Waals surface area contributed by atoms with E-state index in [0.717, 1.165) is 0 Å². The van der Waals surface area contributed by atoms with Gasteiger partial charge in [-0.15, -0.1) is 6.92 Å². The number of hydrogen-bond donors (Lipinski definition) is 0. The van der Waals surface area contributed by atoms with E-state index in [1.165, 1.54) is 47.1 Å². The molecule has 4 rings (SSSR count). The van der Waals surface area contributed by atoms with E-state index in [-0.39, 0.29) is 26.2 Å². The molecule has 0 N–H and O–H groups in total. The summed E-state index contributed by atoms with van der Waals surface area (Å²) in [6, 6.07) is 15.7. The van der Waals surface area contributed by atoms with E-state index in [1.54, 1.807) is 11.1 Å². The molecule has 0 heterocycles. The Bertz CT molecular complexity index is 789. The number of hydrogen-bond acceptors (Lipinski definition) is 0. The standard InChI is InChI=1S/C16H17.C9H13.Zr/c1-12-10-14-8-5-9-15(16(14)11-12)13-6-3-2-4-7-13;1-6-5-7(2)9(4)8(6)3;/h2-4,6-7,10-11,15H,5,8-9H2,1H3;6H,1-4H3;/q2*-1;+2. The SMILES string of the molecule is CC1=[C-]C(C)C(C)=C1C.Cc1cc2c([cH-]1)CCCC2c1ccccc1.[Zr+2]. The molecule has 2 unspecified atom stereocenters. The predicted octanol–water partition coefficient (Wildman–Crippen LogP) is 6.90. The van der Waals surface area contributed by atoms with Crippen molar-refractivity contribution < 1.29 is 26.2 Å². The molecule has 0 fully saturated rings. The van der Waals surface area contributed by atoms with Crippen LogP contribution in [0.4, 0.5) is 0 Å². The Morgan fingerprint density at radius 1 is 1.04 bits per heavy atom. The van der Waals surface area contributed by atoms with Gasteiger partial charge in [-0.3, -0.25) is 6.08 Å². The minimum absolute atomic E-state index is 0. The molecular formula is C25H30Zr. The van der Waals surface area contributed by atoms with E-state index in [1.807, 2.05) is 0 Å². The van der Waals surface area contributed by atoms with Crippen LogP contribution in [0, 0.1) is 18.9 Å². The Hall–Kier alpha value is -1.07. The molecule has 2 aromatic carbocycles. The number of aryl methyl sites for hydroxylation is 2. The van der Waals surface area contributed by atoms with Crippen molar-refractivity contribution in [1.82, 2.24) is 0 Å². The topological polar surface area (TPSA) is 0 Å². The third kappa shape index (κ3) is 4.61. The Balaban J connectivity index is 0.000000210. The van der Waals surface area contributed by atoms with Crippen LogP contribution < -0.4 is 0 Å². The molecule has 2 aliphatic carbocycles. The summed E-state index contributed by atoms with van der Waals surface area (Å²) in [5.74, 6) is 1.20. The minimum atomic E-state index is 0. The molecule has 2 aromatic rings. The second kappa shape index (κ2) is 9.23. The number of benzene rings is 1. The van der Waals surface area contributed by atoms with E-state index < -0.39 is 0 Å². The fraction of sp³-hybridized carbons (Fsp3) is 0.400. The molecule has 1 heteroatoms. The van der Waals surface area contributed by atoms with E-state index in [9.17, 15) is 0 Å². The maximum Gasteiger partial charge on any atom is 2.00 e. The van der Waals surface area contributed by atoms with E-state index in [2.05, 4.69) is 83.2 Å². The summed E-state index contributed by atoms with van der Waals surface area (Å²) in [6.45, 7) is 10.9. The van der Waals surface area contributed by atoms with Gasteiger partial charge in [0.1, 0.15) is 0 Å².